The van der Waals surface area contributed by atoms with Gasteiger partial charge in [0.05, 0.1) is 21.0 Å². The van der Waals surface area contributed by atoms with Crippen LogP contribution < -0.4 is 0 Å². The van der Waals surface area contributed by atoms with Gasteiger partial charge in [-0.25, -0.2) is 0 Å². The molecule has 0 radical (unpaired) electrons. The molecule has 2 aromatic carbocycles. The van der Waals surface area contributed by atoms with E-state index in [-0.39, 0.29) is 17.3 Å². The highest BCUT2D eigenvalue weighted by molar-refractivity contribution is 8.00. The molecule has 5 nitrogen and oxygen atoms in total. The van der Waals surface area contributed by atoms with Crippen molar-refractivity contribution >= 4 is 29.0 Å². The number of carbonyl (C=O) groups excluding carboxylic acids is 2. The number of ketones is 2. The van der Waals surface area contributed by atoms with Crippen LogP contribution >= 0.6 is 11.8 Å². The Labute approximate surface area is 149 Å². The molecule has 0 amide bonds. The van der Waals surface area contributed by atoms with Gasteiger partial charge in [0.25, 0.3) is 5.69 Å². The standard InChI is InChI=1S/C19H17NO4S/c21-18(13-7-2-1-3-8-13)14-9-6-12-17(19(14)22)25-16-11-5-4-10-15(16)20(23)24/h1-5,7-8,10-11,14,17H,6,9,12H2/t14-,17-/m1/s1. The zero-order chi connectivity index (χ0) is 17.8. The van der Waals surface area contributed by atoms with Crippen molar-refractivity contribution in [1.29, 1.82) is 0 Å². The number of hydrogen-bond donors (Lipinski definition) is 0. The van der Waals surface area contributed by atoms with Gasteiger partial charge in [-0.15, -0.1) is 11.8 Å². The molecular formula is C19H17NO4S. The highest BCUT2D eigenvalue weighted by atomic mass is 32.2. The molecule has 0 N–H and O–H groups in total. The SMILES string of the molecule is O=C(c1ccccc1)[C@H]1CCC[C@@H](Sc2ccccc2[N+](=O)[O-])C1=O. The van der Waals surface area contributed by atoms with E-state index in [4.69, 9.17) is 0 Å². The second-order valence-electron chi connectivity index (χ2n) is 5.95. The molecule has 3 rings (SSSR count). The number of para-hydroxylation sites is 1. The van der Waals surface area contributed by atoms with Crippen molar-refractivity contribution in [3.63, 3.8) is 0 Å². The molecule has 0 saturated heterocycles. The van der Waals surface area contributed by atoms with Crippen molar-refractivity contribution in [3.05, 3.63) is 70.3 Å². The minimum atomic E-state index is -0.656. The summed E-state index contributed by atoms with van der Waals surface area (Å²) in [5.74, 6) is -0.932. The van der Waals surface area contributed by atoms with E-state index in [2.05, 4.69) is 0 Å². The molecule has 2 atom stereocenters. The number of nitro groups is 1. The molecule has 0 unspecified atom stereocenters. The van der Waals surface area contributed by atoms with E-state index < -0.39 is 16.1 Å². The first kappa shape index (κ1) is 17.4. The fourth-order valence-electron chi connectivity index (χ4n) is 3.06. The zero-order valence-electron chi connectivity index (χ0n) is 13.5. The van der Waals surface area contributed by atoms with Crippen LogP contribution in [0.15, 0.2) is 59.5 Å². The van der Waals surface area contributed by atoms with Gasteiger partial charge in [-0.2, -0.15) is 0 Å². The molecule has 6 heteroatoms. The van der Waals surface area contributed by atoms with Crippen LogP contribution in [0, 0.1) is 16.0 Å². The summed E-state index contributed by atoms with van der Waals surface area (Å²) < 4.78 is 0. The molecule has 1 aliphatic carbocycles. The van der Waals surface area contributed by atoms with Crippen LogP contribution in [0.25, 0.3) is 0 Å². The predicted molar refractivity (Wildman–Crippen MR) is 95.9 cm³/mol. The Morgan fingerprint density at radius 3 is 2.44 bits per heavy atom. The third-order valence-electron chi connectivity index (χ3n) is 4.33. The Hall–Kier alpha value is -2.47. The second-order valence-corrected chi connectivity index (χ2v) is 7.19. The summed E-state index contributed by atoms with van der Waals surface area (Å²) in [6.07, 6.45) is 1.93. The molecule has 1 saturated carbocycles. The molecule has 1 aliphatic rings. The number of thioether (sulfide) groups is 1. The normalized spacial score (nSPS) is 20.2. The third kappa shape index (κ3) is 3.79. The second kappa shape index (κ2) is 7.61. The lowest BCUT2D eigenvalue weighted by Crippen LogP contribution is -2.35. The first-order valence-electron chi connectivity index (χ1n) is 8.11. The summed E-state index contributed by atoms with van der Waals surface area (Å²) in [7, 11) is 0. The molecule has 128 valence electrons. The Morgan fingerprint density at radius 2 is 1.72 bits per heavy atom. The number of hydrogen-bond acceptors (Lipinski definition) is 5. The molecule has 25 heavy (non-hydrogen) atoms. The summed E-state index contributed by atoms with van der Waals surface area (Å²) in [5.41, 5.74) is 0.536. The minimum absolute atomic E-state index is 0.00295. The Morgan fingerprint density at radius 1 is 1.04 bits per heavy atom. The van der Waals surface area contributed by atoms with Crippen LogP contribution in [0.1, 0.15) is 29.6 Å². The van der Waals surface area contributed by atoms with E-state index in [0.717, 1.165) is 6.42 Å². The van der Waals surface area contributed by atoms with Gasteiger partial charge in [0.2, 0.25) is 0 Å². The van der Waals surface area contributed by atoms with Crippen molar-refractivity contribution in [3.8, 4) is 0 Å². The maximum atomic E-state index is 12.8. The first-order valence-corrected chi connectivity index (χ1v) is 8.99. The predicted octanol–water partition coefficient (Wildman–Crippen LogP) is 4.31. The zero-order valence-corrected chi connectivity index (χ0v) is 14.3. The number of carbonyl (C=O) groups is 2. The van der Waals surface area contributed by atoms with Crippen LogP contribution in [-0.4, -0.2) is 21.7 Å². The summed E-state index contributed by atoms with van der Waals surface area (Å²) in [6.45, 7) is 0. The van der Waals surface area contributed by atoms with Gasteiger partial charge < -0.3 is 0 Å². The number of Topliss-reactive ketones (excluding diaryl/α,β-unsaturated/α-hetero) is 2. The molecule has 0 aliphatic heterocycles. The van der Waals surface area contributed by atoms with Crippen molar-refractivity contribution in [1.82, 2.24) is 0 Å². The molecule has 0 bridgehead atoms. The van der Waals surface area contributed by atoms with E-state index in [0.29, 0.717) is 23.3 Å². The Bertz CT molecular complexity index is 806. The molecule has 0 aromatic heterocycles. The number of nitro benzene ring substituents is 1. The van der Waals surface area contributed by atoms with E-state index in [1.54, 1.807) is 42.5 Å². The van der Waals surface area contributed by atoms with Gasteiger partial charge in [-0.3, -0.25) is 19.7 Å². The number of benzene rings is 2. The van der Waals surface area contributed by atoms with Gasteiger partial charge in [0, 0.05) is 11.6 Å². The first-order chi connectivity index (χ1) is 12.1. The van der Waals surface area contributed by atoms with Crippen molar-refractivity contribution < 1.29 is 14.5 Å². The van der Waals surface area contributed by atoms with Crippen LogP contribution in [0.3, 0.4) is 0 Å². The van der Waals surface area contributed by atoms with E-state index in [1.807, 2.05) is 6.07 Å². The van der Waals surface area contributed by atoms with Gasteiger partial charge in [0.1, 0.15) is 0 Å². The highest BCUT2D eigenvalue weighted by Crippen LogP contribution is 2.38. The summed E-state index contributed by atoms with van der Waals surface area (Å²) in [5, 5.41) is 10.7. The number of rotatable bonds is 5. The fourth-order valence-corrected chi connectivity index (χ4v) is 4.35. The van der Waals surface area contributed by atoms with Crippen molar-refractivity contribution in [2.45, 2.75) is 29.4 Å². The van der Waals surface area contributed by atoms with Crippen LogP contribution in [0.2, 0.25) is 0 Å². The maximum Gasteiger partial charge on any atom is 0.282 e. The smallest absolute Gasteiger partial charge is 0.282 e. The summed E-state index contributed by atoms with van der Waals surface area (Å²) in [6, 6.07) is 15.2. The Kier molecular flexibility index (Phi) is 5.28. The van der Waals surface area contributed by atoms with E-state index >= 15 is 0 Å². The minimum Gasteiger partial charge on any atom is -0.298 e. The molecule has 2 aromatic rings. The highest BCUT2D eigenvalue weighted by Gasteiger charge is 2.37. The molecule has 0 heterocycles. The fraction of sp³-hybridized carbons (Fsp3) is 0.263. The lowest BCUT2D eigenvalue weighted by molar-refractivity contribution is -0.387. The van der Waals surface area contributed by atoms with Crippen LogP contribution in [0.4, 0.5) is 5.69 Å². The third-order valence-corrected chi connectivity index (χ3v) is 5.68. The van der Waals surface area contributed by atoms with Gasteiger partial charge in [0.15, 0.2) is 11.6 Å². The summed E-state index contributed by atoms with van der Waals surface area (Å²) >= 11 is 1.20. The van der Waals surface area contributed by atoms with Crippen molar-refractivity contribution in [2.24, 2.45) is 5.92 Å². The molecular weight excluding hydrogens is 338 g/mol. The monoisotopic (exact) mass is 355 g/mol. The van der Waals surface area contributed by atoms with Gasteiger partial charge in [-0.1, -0.05) is 48.9 Å². The quantitative estimate of drug-likeness (QED) is 0.346. The van der Waals surface area contributed by atoms with E-state index in [1.165, 1.54) is 17.8 Å². The van der Waals surface area contributed by atoms with E-state index in [9.17, 15) is 19.7 Å². The molecule has 0 spiro atoms. The van der Waals surface area contributed by atoms with Crippen LogP contribution in [-0.2, 0) is 4.79 Å². The van der Waals surface area contributed by atoms with Crippen LogP contribution in [0.5, 0.6) is 0 Å². The largest absolute Gasteiger partial charge is 0.298 e. The van der Waals surface area contributed by atoms with Gasteiger partial charge in [-0.05, 0) is 18.9 Å². The Balaban J connectivity index is 1.79. The lowest BCUT2D eigenvalue weighted by atomic mass is 9.82. The lowest BCUT2D eigenvalue weighted by Gasteiger charge is -2.26. The topological polar surface area (TPSA) is 77.3 Å². The van der Waals surface area contributed by atoms with Crippen molar-refractivity contribution in [2.75, 3.05) is 0 Å². The number of nitrogens with zero attached hydrogens (tertiary/aromatic N) is 1. The average molecular weight is 355 g/mol. The van der Waals surface area contributed by atoms with Gasteiger partial charge >= 0.3 is 0 Å². The summed E-state index contributed by atoms with van der Waals surface area (Å²) in [4.78, 5) is 36.6. The maximum absolute atomic E-state index is 12.8. The average Bonchev–Trinajstić information content (AvgIpc) is 2.64. The molecule has 1 fully saturated rings.